The van der Waals surface area contributed by atoms with Gasteiger partial charge in [-0.25, -0.2) is 9.37 Å². The molecule has 0 radical (unpaired) electrons. The summed E-state index contributed by atoms with van der Waals surface area (Å²) in [5.41, 5.74) is 5.50. The molecule has 0 saturated carbocycles. The second-order valence-corrected chi connectivity index (χ2v) is 6.71. The van der Waals surface area contributed by atoms with Gasteiger partial charge in [0.15, 0.2) is 0 Å². The van der Waals surface area contributed by atoms with Crippen molar-refractivity contribution >= 4 is 5.57 Å². The highest BCUT2D eigenvalue weighted by atomic mass is 19.1. The standard InChI is InChI=1S/C25H21FN2/c26-23-14-12-22(13-15-23)24(16-11-20-7-3-1-4-8-20)25-17-27-19-28(25)18-21-9-5-2-6-10-21/h1-10,12-17,19H,11,18H2. The molecule has 3 aromatic carbocycles. The van der Waals surface area contributed by atoms with Crippen molar-refractivity contribution in [2.24, 2.45) is 0 Å². The van der Waals surface area contributed by atoms with Gasteiger partial charge in [-0.05, 0) is 35.2 Å². The number of hydrogen-bond acceptors (Lipinski definition) is 1. The van der Waals surface area contributed by atoms with Crippen molar-refractivity contribution in [3.05, 3.63) is 132 Å². The first-order valence-corrected chi connectivity index (χ1v) is 9.34. The Morgan fingerprint density at radius 3 is 2.14 bits per heavy atom. The number of nitrogens with zero attached hydrogens (tertiary/aromatic N) is 2. The smallest absolute Gasteiger partial charge is 0.123 e. The minimum absolute atomic E-state index is 0.232. The summed E-state index contributed by atoms with van der Waals surface area (Å²) in [7, 11) is 0. The molecular weight excluding hydrogens is 347 g/mol. The average Bonchev–Trinajstić information content (AvgIpc) is 3.19. The third-order valence-corrected chi connectivity index (χ3v) is 4.72. The third kappa shape index (κ3) is 4.26. The molecule has 2 nitrogen and oxygen atoms in total. The van der Waals surface area contributed by atoms with Crippen LogP contribution < -0.4 is 0 Å². The van der Waals surface area contributed by atoms with Crippen molar-refractivity contribution < 1.29 is 4.39 Å². The topological polar surface area (TPSA) is 17.8 Å². The monoisotopic (exact) mass is 368 g/mol. The zero-order valence-corrected chi connectivity index (χ0v) is 15.5. The van der Waals surface area contributed by atoms with E-state index >= 15 is 0 Å². The van der Waals surface area contributed by atoms with Crippen LogP contribution in [0, 0.1) is 5.82 Å². The van der Waals surface area contributed by atoms with Crippen LogP contribution in [0.25, 0.3) is 5.57 Å². The van der Waals surface area contributed by atoms with Crippen LogP contribution in [0.1, 0.15) is 22.4 Å². The van der Waals surface area contributed by atoms with Gasteiger partial charge in [0.1, 0.15) is 5.82 Å². The van der Waals surface area contributed by atoms with Gasteiger partial charge in [0.25, 0.3) is 0 Å². The van der Waals surface area contributed by atoms with Crippen LogP contribution in [0.2, 0.25) is 0 Å². The van der Waals surface area contributed by atoms with E-state index in [0.29, 0.717) is 0 Å². The van der Waals surface area contributed by atoms with Crippen LogP contribution in [0.5, 0.6) is 0 Å². The molecule has 0 fully saturated rings. The van der Waals surface area contributed by atoms with Gasteiger partial charge >= 0.3 is 0 Å². The van der Waals surface area contributed by atoms with Gasteiger partial charge in [0.05, 0.1) is 18.2 Å². The summed E-state index contributed by atoms with van der Waals surface area (Å²) in [4.78, 5) is 4.39. The van der Waals surface area contributed by atoms with Crippen LogP contribution in [-0.4, -0.2) is 9.55 Å². The van der Waals surface area contributed by atoms with Crippen LogP contribution >= 0.6 is 0 Å². The lowest BCUT2D eigenvalue weighted by Crippen LogP contribution is -2.04. The quantitative estimate of drug-likeness (QED) is 0.424. The SMILES string of the molecule is Fc1ccc(C(=CCc2ccccc2)c2cncn2Cc2ccccc2)cc1. The largest absolute Gasteiger partial charge is 0.326 e. The zero-order chi connectivity index (χ0) is 19.2. The first-order chi connectivity index (χ1) is 13.8. The normalized spacial score (nSPS) is 11.5. The number of imidazole rings is 1. The molecule has 0 aliphatic carbocycles. The Morgan fingerprint density at radius 1 is 0.821 bits per heavy atom. The van der Waals surface area contributed by atoms with Crippen molar-refractivity contribution in [1.82, 2.24) is 9.55 Å². The average molecular weight is 368 g/mol. The van der Waals surface area contributed by atoms with Crippen LogP contribution in [0.15, 0.2) is 104 Å². The van der Waals surface area contributed by atoms with E-state index in [1.807, 2.05) is 61.1 Å². The lowest BCUT2D eigenvalue weighted by Gasteiger charge is -2.13. The Bertz CT molecular complexity index is 1050. The van der Waals surface area contributed by atoms with E-state index in [4.69, 9.17) is 0 Å². The number of halogens is 1. The highest BCUT2D eigenvalue weighted by molar-refractivity contribution is 5.78. The lowest BCUT2D eigenvalue weighted by atomic mass is 10.00. The Kier molecular flexibility index (Phi) is 5.43. The minimum Gasteiger partial charge on any atom is -0.326 e. The molecule has 1 aromatic heterocycles. The molecule has 3 heteroatoms. The van der Waals surface area contributed by atoms with Crippen LogP contribution in [-0.2, 0) is 13.0 Å². The molecule has 0 bridgehead atoms. The van der Waals surface area contributed by atoms with Gasteiger partial charge in [-0.1, -0.05) is 78.9 Å². The van der Waals surface area contributed by atoms with Gasteiger partial charge < -0.3 is 4.57 Å². The molecule has 4 aromatic rings. The van der Waals surface area contributed by atoms with Gasteiger partial charge in [-0.2, -0.15) is 0 Å². The number of hydrogen-bond donors (Lipinski definition) is 0. The van der Waals surface area contributed by atoms with E-state index in [2.05, 4.69) is 39.9 Å². The number of allylic oxidation sites excluding steroid dienone is 1. The van der Waals surface area contributed by atoms with E-state index in [9.17, 15) is 4.39 Å². The van der Waals surface area contributed by atoms with Gasteiger partial charge in [-0.15, -0.1) is 0 Å². The van der Waals surface area contributed by atoms with Crippen molar-refractivity contribution in [2.45, 2.75) is 13.0 Å². The van der Waals surface area contributed by atoms with E-state index in [0.717, 1.165) is 29.8 Å². The predicted molar refractivity (Wildman–Crippen MR) is 111 cm³/mol. The first-order valence-electron chi connectivity index (χ1n) is 9.34. The number of benzene rings is 3. The molecule has 0 atom stereocenters. The fraction of sp³-hybridized carbons (Fsp3) is 0.0800. The highest BCUT2D eigenvalue weighted by Gasteiger charge is 2.11. The van der Waals surface area contributed by atoms with Crippen molar-refractivity contribution in [2.75, 3.05) is 0 Å². The summed E-state index contributed by atoms with van der Waals surface area (Å²) in [5.74, 6) is -0.232. The fourth-order valence-electron chi connectivity index (χ4n) is 3.28. The Balaban J connectivity index is 1.72. The van der Waals surface area contributed by atoms with Crippen molar-refractivity contribution in [3.8, 4) is 0 Å². The molecule has 0 unspecified atom stereocenters. The maximum Gasteiger partial charge on any atom is 0.123 e. The second-order valence-electron chi connectivity index (χ2n) is 6.71. The summed E-state index contributed by atoms with van der Waals surface area (Å²) in [5, 5.41) is 0. The number of aromatic nitrogens is 2. The minimum atomic E-state index is -0.232. The first kappa shape index (κ1) is 17.9. The van der Waals surface area contributed by atoms with Crippen molar-refractivity contribution in [1.29, 1.82) is 0 Å². The van der Waals surface area contributed by atoms with Crippen molar-refractivity contribution in [3.63, 3.8) is 0 Å². The molecule has 0 N–H and O–H groups in total. The predicted octanol–water partition coefficient (Wildman–Crippen LogP) is 5.74. The Labute approximate surface area is 164 Å². The molecule has 0 saturated heterocycles. The fourth-order valence-corrected chi connectivity index (χ4v) is 3.28. The lowest BCUT2D eigenvalue weighted by molar-refractivity contribution is 0.627. The summed E-state index contributed by atoms with van der Waals surface area (Å²) in [6, 6.07) is 27.3. The van der Waals surface area contributed by atoms with Gasteiger partial charge in [0.2, 0.25) is 0 Å². The molecule has 1 heterocycles. The van der Waals surface area contributed by atoms with E-state index in [1.165, 1.54) is 23.3 Å². The third-order valence-electron chi connectivity index (χ3n) is 4.72. The Morgan fingerprint density at radius 2 is 1.46 bits per heavy atom. The van der Waals surface area contributed by atoms with Crippen LogP contribution in [0.3, 0.4) is 0 Å². The molecular formula is C25H21FN2. The summed E-state index contributed by atoms with van der Waals surface area (Å²) in [6.45, 7) is 0.736. The van der Waals surface area contributed by atoms with E-state index in [-0.39, 0.29) is 5.82 Å². The zero-order valence-electron chi connectivity index (χ0n) is 15.5. The summed E-state index contributed by atoms with van der Waals surface area (Å²) < 4.78 is 15.6. The summed E-state index contributed by atoms with van der Waals surface area (Å²) in [6.07, 6.45) is 6.72. The molecule has 0 amide bonds. The van der Waals surface area contributed by atoms with Crippen LogP contribution in [0.4, 0.5) is 4.39 Å². The Hall–Kier alpha value is -3.46. The summed E-state index contributed by atoms with van der Waals surface area (Å²) >= 11 is 0. The van der Waals surface area contributed by atoms with E-state index < -0.39 is 0 Å². The second kappa shape index (κ2) is 8.49. The maximum atomic E-state index is 13.5. The molecule has 0 spiro atoms. The molecule has 4 rings (SSSR count). The van der Waals surface area contributed by atoms with Gasteiger partial charge in [0, 0.05) is 12.1 Å². The number of rotatable bonds is 6. The molecule has 28 heavy (non-hydrogen) atoms. The maximum absolute atomic E-state index is 13.5. The molecule has 0 aliphatic rings. The molecule has 0 aliphatic heterocycles. The van der Waals surface area contributed by atoms with E-state index in [1.54, 1.807) is 0 Å². The highest BCUT2D eigenvalue weighted by Crippen LogP contribution is 2.25. The molecule has 138 valence electrons. The van der Waals surface area contributed by atoms with Gasteiger partial charge in [-0.3, -0.25) is 0 Å².